The second kappa shape index (κ2) is 8.47. The van der Waals surface area contributed by atoms with Crippen LogP contribution in [0.3, 0.4) is 0 Å². The largest absolute Gasteiger partial charge is 0.368 e. The van der Waals surface area contributed by atoms with Gasteiger partial charge < -0.3 is 15.1 Å². The molecule has 3 heterocycles. The Morgan fingerprint density at radius 2 is 1.72 bits per heavy atom. The van der Waals surface area contributed by atoms with Crippen molar-refractivity contribution < 1.29 is 0 Å². The van der Waals surface area contributed by atoms with Crippen LogP contribution in [0, 0.1) is 20.8 Å². The molecule has 6 heteroatoms. The maximum Gasteiger partial charge on any atom is 0.225 e. The van der Waals surface area contributed by atoms with Gasteiger partial charge in [-0.3, -0.25) is 4.98 Å². The minimum Gasteiger partial charge on any atom is -0.368 e. The molecule has 1 aromatic carbocycles. The number of aryl methyl sites for hydroxylation is 2. The van der Waals surface area contributed by atoms with E-state index < -0.39 is 0 Å². The molecule has 4 rings (SSSR count). The molecule has 1 N–H and O–H groups in total. The Balaban J connectivity index is 1.43. The van der Waals surface area contributed by atoms with Crippen LogP contribution in [0.15, 0.2) is 48.8 Å². The third-order valence-electron chi connectivity index (χ3n) is 5.53. The van der Waals surface area contributed by atoms with Gasteiger partial charge in [0.2, 0.25) is 5.95 Å². The van der Waals surface area contributed by atoms with Crippen molar-refractivity contribution in [2.24, 2.45) is 0 Å². The van der Waals surface area contributed by atoms with E-state index in [1.807, 2.05) is 25.3 Å². The molecule has 0 spiro atoms. The van der Waals surface area contributed by atoms with Crippen molar-refractivity contribution in [3.8, 4) is 0 Å². The minimum atomic E-state index is 0.664. The van der Waals surface area contributed by atoms with Crippen LogP contribution < -0.4 is 15.1 Å². The molecule has 2 aromatic heterocycles. The van der Waals surface area contributed by atoms with Crippen LogP contribution in [0.2, 0.25) is 0 Å². The van der Waals surface area contributed by atoms with Crippen LogP contribution in [0.5, 0.6) is 0 Å². The quantitative estimate of drug-likeness (QED) is 0.719. The molecule has 0 amide bonds. The molecule has 0 bridgehead atoms. The summed E-state index contributed by atoms with van der Waals surface area (Å²) in [6.07, 6.45) is 3.64. The number of pyridine rings is 1. The summed E-state index contributed by atoms with van der Waals surface area (Å²) in [7, 11) is 0. The van der Waals surface area contributed by atoms with E-state index in [4.69, 9.17) is 4.98 Å². The van der Waals surface area contributed by atoms with Crippen molar-refractivity contribution in [3.63, 3.8) is 0 Å². The normalized spacial score (nSPS) is 14.2. The van der Waals surface area contributed by atoms with E-state index in [0.717, 1.165) is 43.3 Å². The van der Waals surface area contributed by atoms with Crippen LogP contribution in [-0.4, -0.2) is 41.1 Å². The number of nitrogens with zero attached hydrogens (tertiary/aromatic N) is 5. The third-order valence-corrected chi connectivity index (χ3v) is 5.53. The average molecular weight is 389 g/mol. The van der Waals surface area contributed by atoms with Gasteiger partial charge in [-0.25, -0.2) is 4.98 Å². The fraction of sp³-hybridized carbons (Fsp3) is 0.348. The minimum absolute atomic E-state index is 0.664. The zero-order valence-corrected chi connectivity index (χ0v) is 17.4. The van der Waals surface area contributed by atoms with Crippen molar-refractivity contribution in [1.82, 2.24) is 15.0 Å². The molecule has 1 aliphatic heterocycles. The first-order chi connectivity index (χ1) is 14.1. The van der Waals surface area contributed by atoms with Crippen LogP contribution in [0.4, 0.5) is 17.5 Å². The number of benzene rings is 1. The smallest absolute Gasteiger partial charge is 0.225 e. The Morgan fingerprint density at radius 1 is 0.931 bits per heavy atom. The monoisotopic (exact) mass is 388 g/mol. The van der Waals surface area contributed by atoms with Crippen molar-refractivity contribution in [2.75, 3.05) is 41.3 Å². The number of hydrogen-bond donors (Lipinski definition) is 1. The van der Waals surface area contributed by atoms with Crippen LogP contribution >= 0.6 is 0 Å². The van der Waals surface area contributed by atoms with Gasteiger partial charge in [-0.2, -0.15) is 4.98 Å². The van der Waals surface area contributed by atoms with Gasteiger partial charge in [-0.1, -0.05) is 18.2 Å². The first kappa shape index (κ1) is 19.2. The lowest BCUT2D eigenvalue weighted by Crippen LogP contribution is -2.47. The summed E-state index contributed by atoms with van der Waals surface area (Å²) in [5, 5.41) is 3.33. The molecule has 1 aliphatic rings. The fourth-order valence-corrected chi connectivity index (χ4v) is 3.73. The van der Waals surface area contributed by atoms with Crippen LogP contribution in [-0.2, 0) is 6.54 Å². The molecule has 1 saturated heterocycles. The van der Waals surface area contributed by atoms with E-state index in [0.29, 0.717) is 12.5 Å². The summed E-state index contributed by atoms with van der Waals surface area (Å²) in [5.74, 6) is 1.66. The highest BCUT2D eigenvalue weighted by Crippen LogP contribution is 2.25. The Labute approximate surface area is 172 Å². The van der Waals surface area contributed by atoms with E-state index in [-0.39, 0.29) is 0 Å². The standard InChI is InChI=1S/C23H28N6/c1-17-6-4-8-21(19(17)3)28-10-12-29(13-11-28)22-14-18(2)26-23(27-22)25-16-20-7-5-9-24-15-20/h4-9,14-15H,10-13,16H2,1-3H3,(H,25,26,27). The molecule has 0 aliphatic carbocycles. The molecular formula is C23H28N6. The van der Waals surface area contributed by atoms with Gasteiger partial charge in [0.05, 0.1) is 0 Å². The zero-order valence-electron chi connectivity index (χ0n) is 17.4. The highest BCUT2D eigenvalue weighted by molar-refractivity contribution is 5.57. The van der Waals surface area contributed by atoms with Gasteiger partial charge in [-0.05, 0) is 49.6 Å². The van der Waals surface area contributed by atoms with E-state index in [2.05, 4.69) is 63.2 Å². The number of nitrogens with one attached hydrogen (secondary N) is 1. The Bertz CT molecular complexity index is 964. The molecule has 0 atom stereocenters. The third kappa shape index (κ3) is 4.47. The molecule has 150 valence electrons. The van der Waals surface area contributed by atoms with E-state index in [9.17, 15) is 0 Å². The summed E-state index contributed by atoms with van der Waals surface area (Å²) in [5.41, 5.74) is 6.16. The van der Waals surface area contributed by atoms with Gasteiger partial charge in [0.15, 0.2) is 0 Å². The molecule has 3 aromatic rings. The SMILES string of the molecule is Cc1cc(N2CCN(c3cccc(C)c3C)CC2)nc(NCc2cccnc2)n1. The number of hydrogen-bond acceptors (Lipinski definition) is 6. The van der Waals surface area contributed by atoms with E-state index >= 15 is 0 Å². The predicted molar refractivity (Wildman–Crippen MR) is 119 cm³/mol. The lowest BCUT2D eigenvalue weighted by atomic mass is 10.1. The molecule has 1 fully saturated rings. The summed E-state index contributed by atoms with van der Waals surface area (Å²) in [6.45, 7) is 11.0. The topological polar surface area (TPSA) is 57.2 Å². The summed E-state index contributed by atoms with van der Waals surface area (Å²) < 4.78 is 0. The summed E-state index contributed by atoms with van der Waals surface area (Å²) in [4.78, 5) is 18.3. The zero-order chi connectivity index (χ0) is 20.2. The molecular weight excluding hydrogens is 360 g/mol. The highest BCUT2D eigenvalue weighted by Gasteiger charge is 2.20. The van der Waals surface area contributed by atoms with Crippen molar-refractivity contribution in [3.05, 3.63) is 71.2 Å². The first-order valence-corrected chi connectivity index (χ1v) is 10.1. The summed E-state index contributed by atoms with van der Waals surface area (Å²) in [6, 6.07) is 12.6. The predicted octanol–water partition coefficient (Wildman–Crippen LogP) is 3.74. The second-order valence-electron chi connectivity index (χ2n) is 7.60. The Hall–Kier alpha value is -3.15. The van der Waals surface area contributed by atoms with Gasteiger partial charge in [-0.15, -0.1) is 0 Å². The Kier molecular flexibility index (Phi) is 5.60. The van der Waals surface area contributed by atoms with Crippen molar-refractivity contribution >= 4 is 17.5 Å². The van der Waals surface area contributed by atoms with Gasteiger partial charge >= 0.3 is 0 Å². The number of piperazine rings is 1. The second-order valence-corrected chi connectivity index (χ2v) is 7.60. The molecule has 0 radical (unpaired) electrons. The van der Waals surface area contributed by atoms with E-state index in [1.54, 1.807) is 6.20 Å². The number of aromatic nitrogens is 3. The maximum absolute atomic E-state index is 4.77. The lowest BCUT2D eigenvalue weighted by molar-refractivity contribution is 0.645. The molecule has 29 heavy (non-hydrogen) atoms. The fourth-order valence-electron chi connectivity index (χ4n) is 3.73. The Morgan fingerprint density at radius 3 is 2.48 bits per heavy atom. The van der Waals surface area contributed by atoms with Gasteiger partial charge in [0.25, 0.3) is 0 Å². The lowest BCUT2D eigenvalue weighted by Gasteiger charge is -2.37. The summed E-state index contributed by atoms with van der Waals surface area (Å²) >= 11 is 0. The van der Waals surface area contributed by atoms with E-state index in [1.165, 1.54) is 16.8 Å². The molecule has 0 saturated carbocycles. The molecule has 0 unspecified atom stereocenters. The number of rotatable bonds is 5. The van der Waals surface area contributed by atoms with Crippen molar-refractivity contribution in [1.29, 1.82) is 0 Å². The van der Waals surface area contributed by atoms with Gasteiger partial charge in [0, 0.05) is 62.6 Å². The van der Waals surface area contributed by atoms with Crippen LogP contribution in [0.1, 0.15) is 22.4 Å². The molecule has 6 nitrogen and oxygen atoms in total. The number of anilines is 3. The highest BCUT2D eigenvalue weighted by atomic mass is 15.3. The van der Waals surface area contributed by atoms with Crippen molar-refractivity contribution in [2.45, 2.75) is 27.3 Å². The first-order valence-electron chi connectivity index (χ1n) is 10.1. The average Bonchev–Trinajstić information content (AvgIpc) is 2.75. The maximum atomic E-state index is 4.77. The van der Waals surface area contributed by atoms with Crippen LogP contribution in [0.25, 0.3) is 0 Å². The van der Waals surface area contributed by atoms with Gasteiger partial charge in [0.1, 0.15) is 5.82 Å².